The summed E-state index contributed by atoms with van der Waals surface area (Å²) in [7, 11) is 0. The second-order valence-electron chi connectivity index (χ2n) is 3.05. The molecule has 1 saturated heterocycles. The van der Waals surface area contributed by atoms with Crippen molar-refractivity contribution in [1.82, 2.24) is 15.5 Å². The molecule has 1 atom stereocenters. The van der Waals surface area contributed by atoms with Crippen LogP contribution in [0.1, 0.15) is 6.92 Å². The molecule has 0 aromatic carbocycles. The first kappa shape index (κ1) is 10.5. The SMILES string of the molecule is CC1C(=O)NC(=O)CN1c1nnc(Br)s1. The Bertz CT molecular complexity index is 421. The maximum absolute atomic E-state index is 11.4. The molecule has 0 aliphatic carbocycles. The smallest absolute Gasteiger partial charge is 0.249 e. The van der Waals surface area contributed by atoms with Crippen LogP contribution in [0.2, 0.25) is 0 Å². The fourth-order valence-electron chi connectivity index (χ4n) is 1.26. The molecule has 1 aromatic rings. The van der Waals surface area contributed by atoms with Gasteiger partial charge in [-0.2, -0.15) is 0 Å². The zero-order valence-electron chi connectivity index (χ0n) is 7.73. The van der Waals surface area contributed by atoms with Crippen molar-refractivity contribution in [3.63, 3.8) is 0 Å². The van der Waals surface area contributed by atoms with Gasteiger partial charge >= 0.3 is 0 Å². The predicted molar refractivity (Wildman–Crippen MR) is 57.6 cm³/mol. The fourth-order valence-corrected chi connectivity index (χ4v) is 2.43. The number of nitrogens with one attached hydrogen (secondary N) is 1. The van der Waals surface area contributed by atoms with Gasteiger partial charge in [0.25, 0.3) is 0 Å². The second-order valence-corrected chi connectivity index (χ2v) is 5.29. The van der Waals surface area contributed by atoms with Crippen molar-refractivity contribution in [2.24, 2.45) is 0 Å². The molecule has 2 heterocycles. The van der Waals surface area contributed by atoms with E-state index in [1.54, 1.807) is 11.8 Å². The Kier molecular flexibility index (Phi) is 2.70. The van der Waals surface area contributed by atoms with Gasteiger partial charge in [-0.3, -0.25) is 14.9 Å². The zero-order valence-corrected chi connectivity index (χ0v) is 10.1. The van der Waals surface area contributed by atoms with Crippen LogP contribution in [0.3, 0.4) is 0 Å². The van der Waals surface area contributed by atoms with E-state index in [9.17, 15) is 9.59 Å². The van der Waals surface area contributed by atoms with Crippen LogP contribution >= 0.6 is 27.3 Å². The Labute approximate surface area is 97.8 Å². The average molecular weight is 291 g/mol. The summed E-state index contributed by atoms with van der Waals surface area (Å²) in [5.41, 5.74) is 0. The van der Waals surface area contributed by atoms with Gasteiger partial charge in [-0.15, -0.1) is 10.2 Å². The lowest BCUT2D eigenvalue weighted by Gasteiger charge is -2.30. The number of piperazine rings is 1. The fraction of sp³-hybridized carbons (Fsp3) is 0.429. The molecule has 1 aliphatic heterocycles. The third kappa shape index (κ3) is 2.00. The summed E-state index contributed by atoms with van der Waals surface area (Å²) < 4.78 is 0.628. The molecule has 0 spiro atoms. The average Bonchev–Trinajstić information content (AvgIpc) is 2.58. The minimum atomic E-state index is -0.400. The highest BCUT2D eigenvalue weighted by molar-refractivity contribution is 9.11. The lowest BCUT2D eigenvalue weighted by atomic mass is 10.2. The van der Waals surface area contributed by atoms with E-state index in [1.807, 2.05) is 0 Å². The van der Waals surface area contributed by atoms with Gasteiger partial charge in [-0.05, 0) is 22.9 Å². The number of hydrogen-bond acceptors (Lipinski definition) is 6. The first-order chi connectivity index (χ1) is 7.08. The molecule has 80 valence electrons. The minimum Gasteiger partial charge on any atom is -0.326 e. The number of carbonyl (C=O) groups excluding carboxylic acids is 2. The third-order valence-corrected chi connectivity index (χ3v) is 3.45. The van der Waals surface area contributed by atoms with Crippen LogP contribution in [0.5, 0.6) is 0 Å². The summed E-state index contributed by atoms with van der Waals surface area (Å²) in [5.74, 6) is -0.623. The molecular weight excluding hydrogens is 284 g/mol. The minimum absolute atomic E-state index is 0.133. The Morgan fingerprint density at radius 2 is 2.27 bits per heavy atom. The highest BCUT2D eigenvalue weighted by atomic mass is 79.9. The predicted octanol–water partition coefficient (Wildman–Crippen LogP) is 0.152. The van der Waals surface area contributed by atoms with Gasteiger partial charge in [0, 0.05) is 0 Å². The summed E-state index contributed by atoms with van der Waals surface area (Å²) >= 11 is 4.47. The van der Waals surface area contributed by atoms with Crippen molar-refractivity contribution in [1.29, 1.82) is 0 Å². The van der Waals surface area contributed by atoms with E-state index in [2.05, 4.69) is 31.4 Å². The van der Waals surface area contributed by atoms with Gasteiger partial charge in [-0.1, -0.05) is 11.3 Å². The van der Waals surface area contributed by atoms with Gasteiger partial charge in [-0.25, -0.2) is 0 Å². The molecule has 2 amide bonds. The molecule has 15 heavy (non-hydrogen) atoms. The van der Waals surface area contributed by atoms with Gasteiger partial charge in [0.05, 0.1) is 0 Å². The Morgan fingerprint density at radius 1 is 1.53 bits per heavy atom. The van der Waals surface area contributed by atoms with E-state index in [1.165, 1.54) is 11.3 Å². The topological polar surface area (TPSA) is 75.2 Å². The number of hydrogen-bond donors (Lipinski definition) is 1. The van der Waals surface area contributed by atoms with Crippen LogP contribution in [0.15, 0.2) is 3.92 Å². The summed E-state index contributed by atoms with van der Waals surface area (Å²) in [6.45, 7) is 1.85. The van der Waals surface area contributed by atoms with Crippen LogP contribution in [0.4, 0.5) is 5.13 Å². The number of anilines is 1. The van der Waals surface area contributed by atoms with E-state index < -0.39 is 6.04 Å². The largest absolute Gasteiger partial charge is 0.326 e. The van der Waals surface area contributed by atoms with Crippen LogP contribution in [-0.4, -0.2) is 34.6 Å². The maximum Gasteiger partial charge on any atom is 0.249 e. The summed E-state index contributed by atoms with van der Waals surface area (Å²) in [5, 5.41) is 10.5. The number of halogens is 1. The second kappa shape index (κ2) is 3.86. The highest BCUT2D eigenvalue weighted by Gasteiger charge is 2.32. The molecule has 0 bridgehead atoms. The molecule has 6 nitrogen and oxygen atoms in total. The number of amides is 2. The lowest BCUT2D eigenvalue weighted by molar-refractivity contribution is -0.132. The van der Waals surface area contributed by atoms with Crippen molar-refractivity contribution in [3.05, 3.63) is 3.92 Å². The van der Waals surface area contributed by atoms with Crippen molar-refractivity contribution in [3.8, 4) is 0 Å². The first-order valence-corrected chi connectivity index (χ1v) is 5.78. The zero-order chi connectivity index (χ0) is 11.0. The Morgan fingerprint density at radius 3 is 2.87 bits per heavy atom. The molecule has 0 saturated carbocycles. The van der Waals surface area contributed by atoms with Crippen LogP contribution in [0.25, 0.3) is 0 Å². The lowest BCUT2D eigenvalue weighted by Crippen LogP contribution is -2.57. The number of carbonyl (C=O) groups is 2. The van der Waals surface area contributed by atoms with E-state index in [0.717, 1.165) is 0 Å². The van der Waals surface area contributed by atoms with Gasteiger partial charge < -0.3 is 4.90 Å². The van der Waals surface area contributed by atoms with E-state index in [0.29, 0.717) is 9.05 Å². The molecule has 1 unspecified atom stereocenters. The van der Waals surface area contributed by atoms with Crippen LogP contribution in [0, 0.1) is 0 Å². The summed E-state index contributed by atoms with van der Waals surface area (Å²) in [6, 6.07) is -0.400. The number of nitrogens with zero attached hydrogens (tertiary/aromatic N) is 3. The van der Waals surface area contributed by atoms with E-state index in [4.69, 9.17) is 0 Å². The van der Waals surface area contributed by atoms with Crippen molar-refractivity contribution >= 4 is 44.2 Å². The molecular formula is C7H7BrN4O2S. The molecule has 1 aromatic heterocycles. The Balaban J connectivity index is 2.27. The number of aromatic nitrogens is 2. The summed E-state index contributed by atoms with van der Waals surface area (Å²) in [6.07, 6.45) is 0. The van der Waals surface area contributed by atoms with Crippen molar-refractivity contribution < 1.29 is 9.59 Å². The molecule has 1 N–H and O–H groups in total. The maximum atomic E-state index is 11.4. The summed E-state index contributed by atoms with van der Waals surface area (Å²) in [4.78, 5) is 24.2. The van der Waals surface area contributed by atoms with E-state index >= 15 is 0 Å². The molecule has 0 radical (unpaired) electrons. The van der Waals surface area contributed by atoms with Crippen LogP contribution < -0.4 is 10.2 Å². The molecule has 8 heteroatoms. The highest BCUT2D eigenvalue weighted by Crippen LogP contribution is 2.26. The monoisotopic (exact) mass is 290 g/mol. The quantitative estimate of drug-likeness (QED) is 0.746. The standard InChI is InChI=1S/C7H7BrN4O2S/c1-3-5(14)9-4(13)2-12(3)7-11-10-6(8)15-7/h3H,2H2,1H3,(H,9,13,14). The van der Waals surface area contributed by atoms with Gasteiger partial charge in [0.2, 0.25) is 16.9 Å². The number of rotatable bonds is 1. The molecule has 1 aliphatic rings. The molecule has 2 rings (SSSR count). The first-order valence-electron chi connectivity index (χ1n) is 4.17. The van der Waals surface area contributed by atoms with Crippen molar-refractivity contribution in [2.75, 3.05) is 11.4 Å². The normalized spacial score (nSPS) is 21.7. The molecule has 1 fully saturated rings. The third-order valence-electron chi connectivity index (χ3n) is 2.06. The van der Waals surface area contributed by atoms with Crippen LogP contribution in [-0.2, 0) is 9.59 Å². The number of imide groups is 1. The van der Waals surface area contributed by atoms with Crippen molar-refractivity contribution in [2.45, 2.75) is 13.0 Å². The Hall–Kier alpha value is -1.02. The van der Waals surface area contributed by atoms with Gasteiger partial charge in [0.1, 0.15) is 12.6 Å². The van der Waals surface area contributed by atoms with E-state index in [-0.39, 0.29) is 18.4 Å². The van der Waals surface area contributed by atoms with Gasteiger partial charge in [0.15, 0.2) is 3.92 Å².